The average molecular weight is 313 g/mol. The van der Waals surface area contributed by atoms with Crippen molar-refractivity contribution in [1.29, 1.82) is 0 Å². The molecule has 2 fully saturated rings. The van der Waals surface area contributed by atoms with Gasteiger partial charge in [0.1, 0.15) is 5.75 Å². The van der Waals surface area contributed by atoms with E-state index in [1.165, 1.54) is 35.1 Å². The van der Waals surface area contributed by atoms with Crippen LogP contribution in [0.25, 0.3) is 10.9 Å². The zero-order valence-corrected chi connectivity index (χ0v) is 13.5. The minimum atomic E-state index is 0.455. The van der Waals surface area contributed by atoms with Crippen LogP contribution < -0.4 is 4.74 Å². The van der Waals surface area contributed by atoms with Gasteiger partial charge in [-0.05, 0) is 36.6 Å². The number of nitrogens with one attached hydrogen (secondary N) is 1. The summed E-state index contributed by atoms with van der Waals surface area (Å²) in [7, 11) is 1.74. The van der Waals surface area contributed by atoms with Crippen molar-refractivity contribution in [3.8, 4) is 5.75 Å². The van der Waals surface area contributed by atoms with Gasteiger partial charge >= 0.3 is 0 Å². The number of rotatable bonds is 1. The van der Waals surface area contributed by atoms with Crippen molar-refractivity contribution in [2.75, 3.05) is 40.0 Å². The Morgan fingerprint density at radius 3 is 3.13 bits per heavy atom. The molecule has 0 radical (unpaired) electrons. The van der Waals surface area contributed by atoms with Gasteiger partial charge in [0.2, 0.25) is 0 Å². The second-order valence-electron chi connectivity index (χ2n) is 6.81. The van der Waals surface area contributed by atoms with Crippen molar-refractivity contribution in [1.82, 2.24) is 14.8 Å². The van der Waals surface area contributed by atoms with Gasteiger partial charge < -0.3 is 14.5 Å². The van der Waals surface area contributed by atoms with Crippen LogP contribution in [0.1, 0.15) is 23.7 Å². The number of aromatic amines is 1. The second kappa shape index (κ2) is 5.23. The van der Waals surface area contributed by atoms with Gasteiger partial charge in [-0.15, -0.1) is 0 Å². The molecule has 1 aromatic heterocycles. The number of methoxy groups -OCH3 is 1. The molecule has 5 rings (SSSR count). The number of nitrogens with zero attached hydrogens (tertiary/aromatic N) is 2. The zero-order valence-electron chi connectivity index (χ0n) is 13.5. The van der Waals surface area contributed by atoms with E-state index in [1.54, 1.807) is 7.11 Å². The largest absolute Gasteiger partial charge is 0.497 e. The smallest absolute Gasteiger partial charge is 0.119 e. The molecule has 2 saturated heterocycles. The van der Waals surface area contributed by atoms with Crippen LogP contribution in [-0.4, -0.2) is 60.9 Å². The lowest BCUT2D eigenvalue weighted by Gasteiger charge is -2.51. The monoisotopic (exact) mass is 313 g/mol. The lowest BCUT2D eigenvalue weighted by atomic mass is 9.92. The van der Waals surface area contributed by atoms with Crippen LogP contribution in [-0.2, 0) is 11.2 Å². The highest BCUT2D eigenvalue weighted by Crippen LogP contribution is 2.41. The lowest BCUT2D eigenvalue weighted by molar-refractivity contribution is -0.120. The molecule has 0 aliphatic carbocycles. The highest BCUT2D eigenvalue weighted by molar-refractivity contribution is 5.86. The number of benzene rings is 1. The van der Waals surface area contributed by atoms with Crippen molar-refractivity contribution >= 4 is 10.9 Å². The molecule has 0 saturated carbocycles. The molecule has 0 unspecified atom stereocenters. The zero-order chi connectivity index (χ0) is 15.4. The highest BCUT2D eigenvalue weighted by atomic mass is 16.5. The molecule has 23 heavy (non-hydrogen) atoms. The molecule has 122 valence electrons. The van der Waals surface area contributed by atoms with Gasteiger partial charge in [-0.1, -0.05) is 0 Å². The molecule has 2 atom stereocenters. The van der Waals surface area contributed by atoms with Crippen LogP contribution in [0.5, 0.6) is 5.75 Å². The van der Waals surface area contributed by atoms with Crippen molar-refractivity contribution in [2.45, 2.75) is 25.0 Å². The summed E-state index contributed by atoms with van der Waals surface area (Å²) in [5.74, 6) is 0.942. The lowest BCUT2D eigenvalue weighted by Crippen LogP contribution is -2.61. The molecule has 4 heterocycles. The van der Waals surface area contributed by atoms with E-state index in [1.807, 2.05) is 6.07 Å². The molecular formula is C18H23N3O2. The van der Waals surface area contributed by atoms with E-state index >= 15 is 0 Å². The van der Waals surface area contributed by atoms with Gasteiger partial charge in [-0.25, -0.2) is 0 Å². The Labute approximate surface area is 136 Å². The molecule has 3 aliphatic heterocycles. The molecule has 1 aromatic carbocycles. The summed E-state index contributed by atoms with van der Waals surface area (Å²) in [6, 6.07) is 6.87. The van der Waals surface area contributed by atoms with Gasteiger partial charge in [0.05, 0.1) is 32.5 Å². The maximum Gasteiger partial charge on any atom is 0.119 e. The van der Waals surface area contributed by atoms with Gasteiger partial charge in [0, 0.05) is 36.2 Å². The van der Waals surface area contributed by atoms with Crippen LogP contribution in [0.3, 0.4) is 0 Å². The van der Waals surface area contributed by atoms with Crippen LogP contribution in [0, 0.1) is 0 Å². The van der Waals surface area contributed by atoms with Crippen LogP contribution in [0.4, 0.5) is 0 Å². The first-order valence-corrected chi connectivity index (χ1v) is 8.61. The van der Waals surface area contributed by atoms with E-state index in [0.29, 0.717) is 12.2 Å². The third-order valence-corrected chi connectivity index (χ3v) is 5.78. The quantitative estimate of drug-likeness (QED) is 0.876. The van der Waals surface area contributed by atoms with Crippen molar-refractivity contribution in [2.24, 2.45) is 0 Å². The van der Waals surface area contributed by atoms with Crippen molar-refractivity contribution < 1.29 is 9.47 Å². The molecule has 3 aliphatic rings. The van der Waals surface area contributed by atoms with E-state index in [4.69, 9.17) is 9.47 Å². The first-order chi connectivity index (χ1) is 11.3. The van der Waals surface area contributed by atoms with Gasteiger partial charge in [-0.3, -0.25) is 9.80 Å². The fourth-order valence-electron chi connectivity index (χ4n) is 4.64. The number of fused-ring (bicyclic) bond motifs is 7. The molecule has 1 N–H and O–H groups in total. The third-order valence-electron chi connectivity index (χ3n) is 5.78. The number of aromatic nitrogens is 1. The van der Waals surface area contributed by atoms with E-state index in [-0.39, 0.29) is 0 Å². The van der Waals surface area contributed by atoms with Crippen LogP contribution in [0.2, 0.25) is 0 Å². The Bertz CT molecular complexity index is 741. The van der Waals surface area contributed by atoms with Crippen LogP contribution >= 0.6 is 0 Å². The minimum Gasteiger partial charge on any atom is -0.497 e. The highest BCUT2D eigenvalue weighted by Gasteiger charge is 2.41. The third kappa shape index (κ3) is 2.04. The first kappa shape index (κ1) is 13.8. The van der Waals surface area contributed by atoms with Crippen molar-refractivity contribution in [3.05, 3.63) is 29.5 Å². The Morgan fingerprint density at radius 1 is 1.26 bits per heavy atom. The number of ether oxygens (including phenoxy) is 2. The maximum absolute atomic E-state index is 5.76. The number of hydrogen-bond donors (Lipinski definition) is 1. The van der Waals surface area contributed by atoms with Gasteiger partial charge in [0.25, 0.3) is 0 Å². The molecule has 5 heteroatoms. The Balaban J connectivity index is 1.56. The Hall–Kier alpha value is -1.56. The molecule has 0 bridgehead atoms. The SMILES string of the molecule is COc1ccc2[nH]c3c(c2c1)CCN1[C@H]3CCN2CCOC[C@@H]21. The second-order valence-corrected chi connectivity index (χ2v) is 6.81. The summed E-state index contributed by atoms with van der Waals surface area (Å²) in [5.41, 5.74) is 4.15. The predicted molar refractivity (Wildman–Crippen MR) is 88.8 cm³/mol. The van der Waals surface area contributed by atoms with Gasteiger partial charge in [-0.2, -0.15) is 0 Å². The van der Waals surface area contributed by atoms with E-state index in [9.17, 15) is 0 Å². The predicted octanol–water partition coefficient (Wildman–Crippen LogP) is 2.14. The Morgan fingerprint density at radius 2 is 2.22 bits per heavy atom. The topological polar surface area (TPSA) is 40.7 Å². The standard InChI is InChI=1S/C18H23N3O2/c1-22-12-2-3-15-14(10-12)13-4-7-21-16(18(13)19-15)5-6-20-8-9-23-11-17(20)21/h2-3,10,16-17,19H,4-9,11H2,1H3/t16-,17-/m0/s1. The van der Waals surface area contributed by atoms with Crippen LogP contribution in [0.15, 0.2) is 18.2 Å². The fourth-order valence-corrected chi connectivity index (χ4v) is 4.64. The van der Waals surface area contributed by atoms with Gasteiger partial charge in [0.15, 0.2) is 0 Å². The molecule has 5 nitrogen and oxygen atoms in total. The first-order valence-electron chi connectivity index (χ1n) is 8.61. The van der Waals surface area contributed by atoms with E-state index < -0.39 is 0 Å². The van der Waals surface area contributed by atoms with E-state index in [2.05, 4.69) is 26.9 Å². The molecule has 0 spiro atoms. The van der Waals surface area contributed by atoms with Crippen molar-refractivity contribution in [3.63, 3.8) is 0 Å². The fraction of sp³-hybridized carbons (Fsp3) is 0.556. The number of morpholine rings is 1. The summed E-state index contributed by atoms with van der Waals surface area (Å²) in [4.78, 5) is 8.95. The summed E-state index contributed by atoms with van der Waals surface area (Å²) < 4.78 is 11.2. The minimum absolute atomic E-state index is 0.455. The number of H-pyrrole nitrogens is 1. The summed E-state index contributed by atoms with van der Waals surface area (Å²) in [5, 5.41) is 1.33. The number of hydrogen-bond acceptors (Lipinski definition) is 4. The summed E-state index contributed by atoms with van der Waals surface area (Å²) in [6.45, 7) is 5.09. The normalized spacial score (nSPS) is 28.2. The average Bonchev–Trinajstić information content (AvgIpc) is 2.99. The summed E-state index contributed by atoms with van der Waals surface area (Å²) >= 11 is 0. The molecular weight excluding hydrogens is 290 g/mol. The summed E-state index contributed by atoms with van der Waals surface area (Å²) in [6.07, 6.45) is 2.76. The Kier molecular flexibility index (Phi) is 3.15. The van der Waals surface area contributed by atoms with E-state index in [0.717, 1.165) is 38.5 Å². The maximum atomic E-state index is 5.76. The molecule has 0 amide bonds. The molecule has 2 aromatic rings.